The van der Waals surface area contributed by atoms with Gasteiger partial charge in [-0.3, -0.25) is 4.79 Å². The lowest BCUT2D eigenvalue weighted by Crippen LogP contribution is -2.16. The molecule has 5 heteroatoms. The van der Waals surface area contributed by atoms with Crippen molar-refractivity contribution < 1.29 is 4.79 Å². The maximum atomic E-state index is 11.4. The summed E-state index contributed by atoms with van der Waals surface area (Å²) in [4.78, 5) is 13.5. The van der Waals surface area contributed by atoms with Gasteiger partial charge in [-0.15, -0.1) is 0 Å². The Bertz CT molecular complexity index is 497. The third-order valence-electron chi connectivity index (χ3n) is 1.79. The van der Waals surface area contributed by atoms with Gasteiger partial charge in [0.25, 0.3) is 5.24 Å². The van der Waals surface area contributed by atoms with Gasteiger partial charge in [0.2, 0.25) is 0 Å². The van der Waals surface area contributed by atoms with Crippen LogP contribution in [0.25, 0.3) is 0 Å². The Balaban J connectivity index is 3.03. The predicted molar refractivity (Wildman–Crippen MR) is 60.8 cm³/mol. The van der Waals surface area contributed by atoms with Crippen molar-refractivity contribution in [1.29, 1.82) is 10.5 Å². The normalized spacial score (nSPS) is 9.00. The SMILES string of the molecule is CN(C)C(=O)Sc1ccc(C#N)cc1C#N. The zero-order valence-electron chi connectivity index (χ0n) is 8.89. The first-order chi connectivity index (χ1) is 7.58. The van der Waals surface area contributed by atoms with Crippen molar-refractivity contribution in [3.05, 3.63) is 29.3 Å². The van der Waals surface area contributed by atoms with Crippen LogP contribution in [0, 0.1) is 22.7 Å². The van der Waals surface area contributed by atoms with E-state index in [1.165, 1.54) is 11.0 Å². The Labute approximate surface area is 98.1 Å². The molecule has 0 N–H and O–H groups in total. The quantitative estimate of drug-likeness (QED) is 0.695. The lowest BCUT2D eigenvalue weighted by Gasteiger charge is -2.09. The van der Waals surface area contributed by atoms with Crippen LogP contribution in [0.4, 0.5) is 4.79 Å². The molecular formula is C11H9N3OS. The smallest absolute Gasteiger partial charge is 0.285 e. The van der Waals surface area contributed by atoms with Gasteiger partial charge < -0.3 is 4.90 Å². The predicted octanol–water partition coefficient (Wildman–Crippen LogP) is 2.20. The number of carbonyl (C=O) groups is 1. The summed E-state index contributed by atoms with van der Waals surface area (Å²) in [5, 5.41) is 17.4. The highest BCUT2D eigenvalue weighted by Crippen LogP contribution is 2.25. The lowest BCUT2D eigenvalue weighted by molar-refractivity contribution is 0.241. The van der Waals surface area contributed by atoms with Crippen LogP contribution in [-0.2, 0) is 0 Å². The highest BCUT2D eigenvalue weighted by atomic mass is 32.2. The van der Waals surface area contributed by atoms with Gasteiger partial charge in [-0.1, -0.05) is 0 Å². The van der Waals surface area contributed by atoms with E-state index < -0.39 is 0 Å². The second kappa shape index (κ2) is 5.20. The number of amides is 1. The highest BCUT2D eigenvalue weighted by Gasteiger charge is 2.11. The van der Waals surface area contributed by atoms with E-state index in [0.717, 1.165) is 11.8 Å². The molecule has 0 saturated heterocycles. The third kappa shape index (κ3) is 2.75. The number of nitriles is 2. The molecule has 0 spiro atoms. The number of carbonyl (C=O) groups excluding carboxylic acids is 1. The molecule has 0 aromatic heterocycles. The molecule has 80 valence electrons. The van der Waals surface area contributed by atoms with Crippen LogP contribution in [0.5, 0.6) is 0 Å². The average molecular weight is 231 g/mol. The van der Waals surface area contributed by atoms with Crippen molar-refractivity contribution in [1.82, 2.24) is 4.90 Å². The Morgan fingerprint density at radius 1 is 1.31 bits per heavy atom. The highest BCUT2D eigenvalue weighted by molar-refractivity contribution is 8.13. The standard InChI is InChI=1S/C11H9N3OS/c1-14(2)11(15)16-10-4-3-8(6-12)5-9(10)7-13/h3-5H,1-2H3. The number of rotatable bonds is 1. The fourth-order valence-corrected chi connectivity index (χ4v) is 1.68. The minimum Gasteiger partial charge on any atom is -0.339 e. The van der Waals surface area contributed by atoms with E-state index >= 15 is 0 Å². The Hall–Kier alpha value is -1.98. The first-order valence-electron chi connectivity index (χ1n) is 4.42. The topological polar surface area (TPSA) is 67.9 Å². The number of thioether (sulfide) groups is 1. The molecule has 0 aliphatic carbocycles. The van der Waals surface area contributed by atoms with Crippen LogP contribution in [-0.4, -0.2) is 24.2 Å². The number of benzene rings is 1. The molecular weight excluding hydrogens is 222 g/mol. The van der Waals surface area contributed by atoms with Crippen LogP contribution in [0.15, 0.2) is 23.1 Å². The molecule has 1 amide bonds. The van der Waals surface area contributed by atoms with Gasteiger partial charge in [-0.2, -0.15) is 10.5 Å². The minimum atomic E-state index is -0.152. The molecule has 0 aliphatic heterocycles. The Morgan fingerprint density at radius 3 is 2.50 bits per heavy atom. The average Bonchev–Trinajstić information content (AvgIpc) is 2.29. The third-order valence-corrected chi connectivity index (χ3v) is 2.91. The van der Waals surface area contributed by atoms with Crippen molar-refractivity contribution in [3.63, 3.8) is 0 Å². The summed E-state index contributed by atoms with van der Waals surface area (Å²) in [5.74, 6) is 0. The molecule has 0 bridgehead atoms. The monoisotopic (exact) mass is 231 g/mol. The zero-order chi connectivity index (χ0) is 12.1. The summed E-state index contributed by atoms with van der Waals surface area (Å²) >= 11 is 0.977. The van der Waals surface area contributed by atoms with E-state index in [9.17, 15) is 4.79 Å². The molecule has 16 heavy (non-hydrogen) atoms. The van der Waals surface area contributed by atoms with Gasteiger partial charge in [0.15, 0.2) is 0 Å². The molecule has 1 aromatic rings. The molecule has 0 heterocycles. The molecule has 4 nitrogen and oxygen atoms in total. The molecule has 0 radical (unpaired) electrons. The number of hydrogen-bond donors (Lipinski definition) is 0. The van der Waals surface area contributed by atoms with Gasteiger partial charge in [-0.05, 0) is 30.0 Å². The van der Waals surface area contributed by atoms with E-state index in [4.69, 9.17) is 10.5 Å². The second-order valence-corrected chi connectivity index (χ2v) is 4.19. The molecule has 0 atom stereocenters. The molecule has 1 aromatic carbocycles. The zero-order valence-corrected chi connectivity index (χ0v) is 9.71. The van der Waals surface area contributed by atoms with Gasteiger partial charge in [0.05, 0.1) is 17.2 Å². The van der Waals surface area contributed by atoms with E-state index in [-0.39, 0.29) is 5.24 Å². The summed E-state index contributed by atoms with van der Waals surface area (Å²) in [6.45, 7) is 0. The molecule has 0 fully saturated rings. The molecule has 0 aliphatic rings. The summed E-state index contributed by atoms with van der Waals surface area (Å²) in [7, 11) is 3.29. The van der Waals surface area contributed by atoms with E-state index in [1.807, 2.05) is 12.1 Å². The first kappa shape index (κ1) is 12.1. The summed E-state index contributed by atoms with van der Waals surface area (Å²) < 4.78 is 0. The fraction of sp³-hybridized carbons (Fsp3) is 0.182. The summed E-state index contributed by atoms with van der Waals surface area (Å²) in [6.07, 6.45) is 0. The number of hydrogen-bond acceptors (Lipinski definition) is 4. The Morgan fingerprint density at radius 2 is 2.00 bits per heavy atom. The first-order valence-corrected chi connectivity index (χ1v) is 5.23. The van der Waals surface area contributed by atoms with Crippen molar-refractivity contribution in [2.75, 3.05) is 14.1 Å². The maximum Gasteiger partial charge on any atom is 0.285 e. The van der Waals surface area contributed by atoms with Gasteiger partial charge in [0, 0.05) is 19.0 Å². The molecule has 0 saturated carbocycles. The van der Waals surface area contributed by atoms with Crippen LogP contribution < -0.4 is 0 Å². The van der Waals surface area contributed by atoms with Gasteiger partial charge in [0.1, 0.15) is 6.07 Å². The van der Waals surface area contributed by atoms with E-state index in [0.29, 0.717) is 16.0 Å². The lowest BCUT2D eigenvalue weighted by atomic mass is 10.1. The van der Waals surface area contributed by atoms with Crippen LogP contribution in [0.2, 0.25) is 0 Å². The largest absolute Gasteiger partial charge is 0.339 e. The van der Waals surface area contributed by atoms with Crippen molar-refractivity contribution in [3.8, 4) is 12.1 Å². The van der Waals surface area contributed by atoms with Gasteiger partial charge >= 0.3 is 0 Å². The van der Waals surface area contributed by atoms with Crippen molar-refractivity contribution in [2.45, 2.75) is 4.90 Å². The van der Waals surface area contributed by atoms with Crippen LogP contribution in [0.3, 0.4) is 0 Å². The second-order valence-electron chi connectivity index (χ2n) is 3.20. The van der Waals surface area contributed by atoms with E-state index in [2.05, 4.69) is 0 Å². The van der Waals surface area contributed by atoms with Crippen molar-refractivity contribution in [2.24, 2.45) is 0 Å². The maximum absolute atomic E-state index is 11.4. The van der Waals surface area contributed by atoms with Gasteiger partial charge in [-0.25, -0.2) is 0 Å². The van der Waals surface area contributed by atoms with Crippen LogP contribution in [0.1, 0.15) is 11.1 Å². The minimum absolute atomic E-state index is 0.152. The van der Waals surface area contributed by atoms with Crippen LogP contribution >= 0.6 is 11.8 Å². The Kier molecular flexibility index (Phi) is 3.93. The summed E-state index contributed by atoms with van der Waals surface area (Å²) in [5.41, 5.74) is 0.762. The number of nitrogens with zero attached hydrogens (tertiary/aromatic N) is 3. The molecule has 0 unspecified atom stereocenters. The summed E-state index contributed by atoms with van der Waals surface area (Å²) in [6, 6.07) is 8.60. The van der Waals surface area contributed by atoms with Crippen molar-refractivity contribution >= 4 is 17.0 Å². The molecule has 1 rings (SSSR count). The van der Waals surface area contributed by atoms with E-state index in [1.54, 1.807) is 26.2 Å². The fourth-order valence-electron chi connectivity index (χ4n) is 0.961.